The molecule has 0 aliphatic carbocycles. The van der Waals surface area contributed by atoms with Crippen LogP contribution >= 0.6 is 0 Å². The van der Waals surface area contributed by atoms with E-state index in [0.29, 0.717) is 16.9 Å². The number of phenols is 1. The van der Waals surface area contributed by atoms with E-state index < -0.39 is 5.91 Å². The number of methoxy groups -OCH3 is 1. The second-order valence-corrected chi connectivity index (χ2v) is 7.52. The van der Waals surface area contributed by atoms with Gasteiger partial charge in [-0.15, -0.1) is 5.10 Å². The van der Waals surface area contributed by atoms with Crippen LogP contribution in [-0.4, -0.2) is 62.7 Å². The second-order valence-electron chi connectivity index (χ2n) is 7.52. The van der Waals surface area contributed by atoms with Crippen molar-refractivity contribution in [3.63, 3.8) is 0 Å². The first-order valence-electron chi connectivity index (χ1n) is 11.1. The van der Waals surface area contributed by atoms with E-state index in [1.165, 1.54) is 18.0 Å². The fourth-order valence-corrected chi connectivity index (χ4v) is 3.59. The lowest BCUT2D eigenvalue weighted by Crippen LogP contribution is -2.21. The SMILES string of the molecule is CCN(CC)c1ccc(/C=N/NC(=O)c2nnn(-c3nonc3N)c2-c2cccc(OC)c2)c(O)c1. The summed E-state index contributed by atoms with van der Waals surface area (Å²) < 4.78 is 11.2. The molecule has 4 aromatic rings. The maximum absolute atomic E-state index is 13.0. The zero-order valence-electron chi connectivity index (χ0n) is 19.9. The predicted molar refractivity (Wildman–Crippen MR) is 132 cm³/mol. The van der Waals surface area contributed by atoms with Gasteiger partial charge in [0.25, 0.3) is 5.91 Å². The Kier molecular flexibility index (Phi) is 7.09. The number of nitrogens with one attached hydrogen (secondary N) is 1. The van der Waals surface area contributed by atoms with E-state index in [2.05, 4.69) is 40.7 Å². The standard InChI is InChI=1S/C23H25N9O4/c1-4-31(5-2)16-10-9-15(18(33)12-16)13-25-27-23(34)19-20(14-7-6-8-17(11-14)35-3)32(30-26-19)22-21(24)28-36-29-22/h6-13,33H,4-5H2,1-3H3,(H2,24,28)(H,27,34)/b25-13+. The number of benzene rings is 2. The quantitative estimate of drug-likeness (QED) is 0.233. The van der Waals surface area contributed by atoms with Crippen LogP contribution in [0.25, 0.3) is 17.1 Å². The van der Waals surface area contributed by atoms with Crippen molar-refractivity contribution in [1.82, 2.24) is 30.7 Å². The van der Waals surface area contributed by atoms with Crippen LogP contribution in [0, 0.1) is 0 Å². The van der Waals surface area contributed by atoms with Gasteiger partial charge in [-0.3, -0.25) is 4.79 Å². The number of aromatic nitrogens is 5. The Morgan fingerprint density at radius 3 is 2.72 bits per heavy atom. The van der Waals surface area contributed by atoms with Crippen LogP contribution in [0.3, 0.4) is 0 Å². The zero-order chi connectivity index (χ0) is 25.7. The van der Waals surface area contributed by atoms with Gasteiger partial charge in [0.05, 0.1) is 13.3 Å². The third-order valence-electron chi connectivity index (χ3n) is 5.44. The maximum Gasteiger partial charge on any atom is 0.294 e. The third kappa shape index (κ3) is 4.80. The minimum absolute atomic E-state index is 0.0299. The molecule has 0 atom stereocenters. The molecule has 0 fully saturated rings. The molecule has 4 N–H and O–H groups in total. The molecule has 2 heterocycles. The molecule has 186 valence electrons. The molecular formula is C23H25N9O4. The highest BCUT2D eigenvalue weighted by atomic mass is 16.6. The monoisotopic (exact) mass is 491 g/mol. The molecular weight excluding hydrogens is 466 g/mol. The predicted octanol–water partition coefficient (Wildman–Crippen LogP) is 2.22. The Bertz CT molecular complexity index is 1390. The number of ether oxygens (including phenoxy) is 1. The van der Waals surface area contributed by atoms with E-state index in [-0.39, 0.29) is 28.8 Å². The van der Waals surface area contributed by atoms with E-state index >= 15 is 0 Å². The normalized spacial score (nSPS) is 11.1. The largest absolute Gasteiger partial charge is 0.507 e. The number of hydrogen-bond donors (Lipinski definition) is 3. The molecule has 2 aromatic heterocycles. The van der Waals surface area contributed by atoms with Crippen molar-refractivity contribution in [2.24, 2.45) is 5.10 Å². The Labute approximate surface area is 206 Å². The lowest BCUT2D eigenvalue weighted by atomic mass is 10.1. The van der Waals surface area contributed by atoms with Gasteiger partial charge in [-0.25, -0.2) is 10.1 Å². The molecule has 36 heavy (non-hydrogen) atoms. The third-order valence-corrected chi connectivity index (χ3v) is 5.44. The summed E-state index contributed by atoms with van der Waals surface area (Å²) in [6.45, 7) is 5.70. The van der Waals surface area contributed by atoms with Gasteiger partial charge in [-0.2, -0.15) is 9.78 Å². The molecule has 1 amide bonds. The number of aromatic hydroxyl groups is 1. The van der Waals surface area contributed by atoms with Gasteiger partial charge >= 0.3 is 0 Å². The molecule has 0 aliphatic rings. The van der Waals surface area contributed by atoms with Gasteiger partial charge in [0.1, 0.15) is 17.2 Å². The fourth-order valence-electron chi connectivity index (χ4n) is 3.59. The van der Waals surface area contributed by atoms with Crippen molar-refractivity contribution in [2.75, 3.05) is 30.8 Å². The maximum atomic E-state index is 13.0. The van der Waals surface area contributed by atoms with E-state index in [1.807, 2.05) is 19.9 Å². The molecule has 0 saturated carbocycles. The molecule has 0 spiro atoms. The highest BCUT2D eigenvalue weighted by Gasteiger charge is 2.25. The summed E-state index contributed by atoms with van der Waals surface area (Å²) in [5.41, 5.74) is 10.4. The number of hydrogen-bond acceptors (Lipinski definition) is 11. The van der Waals surface area contributed by atoms with Gasteiger partial charge in [-0.05, 0) is 48.4 Å². The van der Waals surface area contributed by atoms with E-state index in [1.54, 1.807) is 36.4 Å². The average Bonchev–Trinajstić information content (AvgIpc) is 3.52. The Morgan fingerprint density at radius 2 is 2.06 bits per heavy atom. The van der Waals surface area contributed by atoms with Crippen LogP contribution in [0.2, 0.25) is 0 Å². The topological polar surface area (TPSA) is 170 Å². The van der Waals surface area contributed by atoms with Gasteiger partial charge < -0.3 is 20.5 Å². The van der Waals surface area contributed by atoms with E-state index in [0.717, 1.165) is 18.8 Å². The number of amides is 1. The first-order valence-corrected chi connectivity index (χ1v) is 11.1. The summed E-state index contributed by atoms with van der Waals surface area (Å²) in [7, 11) is 1.53. The lowest BCUT2D eigenvalue weighted by Gasteiger charge is -2.21. The molecule has 0 bridgehead atoms. The molecule has 13 heteroatoms. The van der Waals surface area contributed by atoms with Crippen molar-refractivity contribution in [1.29, 1.82) is 0 Å². The minimum Gasteiger partial charge on any atom is -0.507 e. The van der Waals surface area contributed by atoms with Crippen molar-refractivity contribution in [3.8, 4) is 28.6 Å². The molecule has 0 saturated heterocycles. The average molecular weight is 492 g/mol. The van der Waals surface area contributed by atoms with Crippen LogP contribution in [0.4, 0.5) is 11.5 Å². The molecule has 0 unspecified atom stereocenters. The Balaban J connectivity index is 1.62. The zero-order valence-corrected chi connectivity index (χ0v) is 19.9. The first-order chi connectivity index (χ1) is 17.5. The number of rotatable bonds is 9. The van der Waals surface area contributed by atoms with Gasteiger partial charge in [0.15, 0.2) is 5.69 Å². The smallest absolute Gasteiger partial charge is 0.294 e. The van der Waals surface area contributed by atoms with Crippen molar-refractivity contribution < 1.29 is 19.3 Å². The molecule has 0 radical (unpaired) electrons. The van der Waals surface area contributed by atoms with Crippen molar-refractivity contribution >= 4 is 23.6 Å². The highest BCUT2D eigenvalue weighted by molar-refractivity contribution is 5.99. The number of carbonyl (C=O) groups is 1. The van der Waals surface area contributed by atoms with Gasteiger partial charge in [-0.1, -0.05) is 17.3 Å². The number of phenolic OH excluding ortho intramolecular Hbond substituents is 1. The highest BCUT2D eigenvalue weighted by Crippen LogP contribution is 2.29. The van der Waals surface area contributed by atoms with Crippen LogP contribution in [0.1, 0.15) is 29.9 Å². The number of nitrogens with two attached hydrogens (primary N) is 1. The minimum atomic E-state index is -0.649. The van der Waals surface area contributed by atoms with Crippen molar-refractivity contribution in [3.05, 3.63) is 53.7 Å². The summed E-state index contributed by atoms with van der Waals surface area (Å²) in [6.07, 6.45) is 1.34. The van der Waals surface area contributed by atoms with E-state index in [9.17, 15) is 9.90 Å². The Morgan fingerprint density at radius 1 is 1.25 bits per heavy atom. The summed E-state index contributed by atoms with van der Waals surface area (Å²) in [5.74, 6) is -0.0164. The molecule has 2 aromatic carbocycles. The van der Waals surface area contributed by atoms with Gasteiger partial charge in [0, 0.05) is 36.0 Å². The summed E-state index contributed by atoms with van der Waals surface area (Å²) in [5, 5.41) is 29.7. The van der Waals surface area contributed by atoms with Gasteiger partial charge in [0.2, 0.25) is 11.6 Å². The molecule has 13 nitrogen and oxygen atoms in total. The number of anilines is 2. The van der Waals surface area contributed by atoms with E-state index in [4.69, 9.17) is 10.5 Å². The lowest BCUT2D eigenvalue weighted by molar-refractivity contribution is 0.0950. The fraction of sp³-hybridized carbons (Fsp3) is 0.217. The summed E-state index contributed by atoms with van der Waals surface area (Å²) in [6, 6.07) is 12.2. The first kappa shape index (κ1) is 24.2. The number of nitrogens with zero attached hydrogens (tertiary/aromatic N) is 7. The molecule has 4 rings (SSSR count). The number of nitrogen functional groups attached to an aromatic ring is 1. The van der Waals surface area contributed by atoms with Crippen LogP contribution in [-0.2, 0) is 0 Å². The second kappa shape index (κ2) is 10.5. The van der Waals surface area contributed by atoms with Crippen LogP contribution in [0.5, 0.6) is 11.5 Å². The Hall–Kier alpha value is -4.94. The number of hydrazone groups is 1. The molecule has 0 aliphatic heterocycles. The van der Waals surface area contributed by atoms with Crippen LogP contribution in [0.15, 0.2) is 52.2 Å². The summed E-state index contributed by atoms with van der Waals surface area (Å²) in [4.78, 5) is 15.1. The summed E-state index contributed by atoms with van der Waals surface area (Å²) >= 11 is 0. The van der Waals surface area contributed by atoms with Crippen molar-refractivity contribution in [2.45, 2.75) is 13.8 Å². The number of carbonyl (C=O) groups excluding carboxylic acids is 1. The van der Waals surface area contributed by atoms with Crippen LogP contribution < -0.4 is 20.8 Å².